The van der Waals surface area contributed by atoms with Gasteiger partial charge in [0, 0.05) is 18.3 Å². The Labute approximate surface area is 117 Å². The van der Waals surface area contributed by atoms with Crippen LogP contribution in [-0.4, -0.2) is 28.6 Å². The van der Waals surface area contributed by atoms with Crippen LogP contribution in [0.25, 0.3) is 0 Å². The quantitative estimate of drug-likeness (QED) is 0.592. The van der Waals surface area contributed by atoms with Crippen molar-refractivity contribution in [1.82, 2.24) is 4.90 Å². The Kier molecular flexibility index (Phi) is 3.86. The van der Waals surface area contributed by atoms with E-state index < -0.39 is 5.41 Å². The van der Waals surface area contributed by atoms with Crippen molar-refractivity contribution in [3.8, 4) is 0 Å². The van der Waals surface area contributed by atoms with Gasteiger partial charge in [-0.2, -0.15) is 0 Å². The van der Waals surface area contributed by atoms with E-state index in [1.807, 2.05) is 13.8 Å². The van der Waals surface area contributed by atoms with Crippen LogP contribution < -0.4 is 0 Å². The maximum Gasteiger partial charge on any atom is 0.235 e. The summed E-state index contributed by atoms with van der Waals surface area (Å²) >= 11 is 3.59. The molecular formula is C14H22BrNO2. The second-order valence-corrected chi connectivity index (χ2v) is 7.10. The number of nitrogens with zero attached hydrogens (tertiary/aromatic N) is 1. The maximum atomic E-state index is 12.3. The zero-order chi connectivity index (χ0) is 13.4. The molecule has 2 rings (SSSR count). The van der Waals surface area contributed by atoms with Crippen LogP contribution in [0.4, 0.5) is 0 Å². The molecule has 0 atom stereocenters. The van der Waals surface area contributed by atoms with Gasteiger partial charge in [0.1, 0.15) is 0 Å². The second kappa shape index (κ2) is 4.95. The van der Waals surface area contributed by atoms with Crippen molar-refractivity contribution in [3.05, 3.63) is 0 Å². The van der Waals surface area contributed by atoms with E-state index in [1.54, 1.807) is 0 Å². The van der Waals surface area contributed by atoms with E-state index in [0.29, 0.717) is 13.0 Å². The predicted molar refractivity (Wildman–Crippen MR) is 74.4 cm³/mol. The largest absolute Gasteiger partial charge is 0.282 e. The summed E-state index contributed by atoms with van der Waals surface area (Å²) in [5, 5.41) is 0.886. The fraction of sp³-hybridized carbons (Fsp3) is 0.857. The van der Waals surface area contributed by atoms with Crippen LogP contribution in [0.2, 0.25) is 0 Å². The molecular weight excluding hydrogens is 294 g/mol. The van der Waals surface area contributed by atoms with Crippen molar-refractivity contribution in [2.45, 2.75) is 52.4 Å². The number of alkyl halides is 1. The summed E-state index contributed by atoms with van der Waals surface area (Å²) in [5.41, 5.74) is -0.386. The molecule has 4 heteroatoms. The van der Waals surface area contributed by atoms with Gasteiger partial charge in [-0.15, -0.1) is 0 Å². The van der Waals surface area contributed by atoms with E-state index >= 15 is 0 Å². The first kappa shape index (κ1) is 14.0. The van der Waals surface area contributed by atoms with Gasteiger partial charge in [0.25, 0.3) is 0 Å². The molecule has 3 nitrogen and oxygen atoms in total. The lowest BCUT2D eigenvalue weighted by atomic mass is 9.75. The van der Waals surface area contributed by atoms with Crippen LogP contribution in [0.1, 0.15) is 52.4 Å². The number of hydrogen-bond acceptors (Lipinski definition) is 2. The summed E-state index contributed by atoms with van der Waals surface area (Å²) in [6, 6.07) is 0. The smallest absolute Gasteiger partial charge is 0.235 e. The molecule has 0 radical (unpaired) electrons. The Balaban J connectivity index is 2.12. The number of likely N-dealkylation sites (tertiary alicyclic amines) is 1. The third-order valence-electron chi connectivity index (χ3n) is 4.41. The van der Waals surface area contributed by atoms with Crippen molar-refractivity contribution in [1.29, 1.82) is 0 Å². The van der Waals surface area contributed by atoms with E-state index in [-0.39, 0.29) is 17.2 Å². The first-order valence-corrected chi connectivity index (χ1v) is 7.93. The molecule has 1 heterocycles. The highest BCUT2D eigenvalue weighted by atomic mass is 79.9. The van der Waals surface area contributed by atoms with E-state index in [9.17, 15) is 9.59 Å². The van der Waals surface area contributed by atoms with Gasteiger partial charge in [-0.3, -0.25) is 14.5 Å². The fourth-order valence-electron chi connectivity index (χ4n) is 3.16. The number of imide groups is 1. The first-order valence-electron chi connectivity index (χ1n) is 6.81. The summed E-state index contributed by atoms with van der Waals surface area (Å²) in [7, 11) is 0. The Morgan fingerprint density at radius 3 is 2.22 bits per heavy atom. The molecule has 0 aromatic carbocycles. The van der Waals surface area contributed by atoms with Gasteiger partial charge in [0.05, 0.1) is 5.41 Å². The van der Waals surface area contributed by atoms with Crippen LogP contribution >= 0.6 is 15.9 Å². The minimum Gasteiger partial charge on any atom is -0.282 e. The van der Waals surface area contributed by atoms with Crippen LogP contribution in [0.15, 0.2) is 0 Å². The molecule has 2 fully saturated rings. The minimum absolute atomic E-state index is 0.0101. The average Bonchev–Trinajstić information content (AvgIpc) is 2.53. The standard InChI is InChI=1S/C14H22BrNO2/c1-13(2)8-11(17)16(12(13)18)10-14(9-15)6-4-3-5-7-14/h3-10H2,1-2H3. The summed E-state index contributed by atoms with van der Waals surface area (Å²) < 4.78 is 0. The highest BCUT2D eigenvalue weighted by Gasteiger charge is 2.47. The predicted octanol–water partition coefficient (Wildman–Crippen LogP) is 3.12. The highest BCUT2D eigenvalue weighted by molar-refractivity contribution is 9.09. The Morgan fingerprint density at radius 1 is 1.17 bits per heavy atom. The molecule has 0 unspecified atom stereocenters. The van der Waals surface area contributed by atoms with Gasteiger partial charge >= 0.3 is 0 Å². The average molecular weight is 316 g/mol. The Morgan fingerprint density at radius 2 is 1.78 bits per heavy atom. The monoisotopic (exact) mass is 315 g/mol. The molecule has 1 aliphatic heterocycles. The van der Waals surface area contributed by atoms with E-state index in [4.69, 9.17) is 0 Å². The van der Waals surface area contributed by atoms with Gasteiger partial charge in [0.15, 0.2) is 0 Å². The lowest BCUT2D eigenvalue weighted by molar-refractivity contribution is -0.142. The van der Waals surface area contributed by atoms with Gasteiger partial charge in [-0.05, 0) is 18.3 Å². The van der Waals surface area contributed by atoms with Crippen LogP contribution in [0, 0.1) is 10.8 Å². The summed E-state index contributed by atoms with van der Waals surface area (Å²) in [6.07, 6.45) is 6.31. The van der Waals surface area contributed by atoms with Gasteiger partial charge in [-0.25, -0.2) is 0 Å². The fourth-order valence-corrected chi connectivity index (χ4v) is 3.90. The number of rotatable bonds is 3. The molecule has 0 aromatic rings. The van der Waals surface area contributed by atoms with Crippen LogP contribution in [0.5, 0.6) is 0 Å². The molecule has 2 amide bonds. The molecule has 0 spiro atoms. The third kappa shape index (κ3) is 2.49. The van der Waals surface area contributed by atoms with E-state index in [2.05, 4.69) is 15.9 Å². The molecule has 0 N–H and O–H groups in total. The van der Waals surface area contributed by atoms with Crippen molar-refractivity contribution >= 4 is 27.7 Å². The number of carbonyl (C=O) groups is 2. The van der Waals surface area contributed by atoms with E-state index in [1.165, 1.54) is 24.2 Å². The molecule has 1 saturated carbocycles. The number of halogens is 1. The van der Waals surface area contributed by atoms with Crippen LogP contribution in [0.3, 0.4) is 0 Å². The van der Waals surface area contributed by atoms with E-state index in [0.717, 1.165) is 18.2 Å². The van der Waals surface area contributed by atoms with Crippen molar-refractivity contribution in [2.75, 3.05) is 11.9 Å². The summed E-state index contributed by atoms with van der Waals surface area (Å²) in [4.78, 5) is 25.8. The minimum atomic E-state index is -0.501. The molecule has 0 bridgehead atoms. The molecule has 0 aromatic heterocycles. The molecule has 1 aliphatic carbocycles. The van der Waals surface area contributed by atoms with Gasteiger partial charge in [0.2, 0.25) is 11.8 Å². The van der Waals surface area contributed by atoms with Crippen molar-refractivity contribution < 1.29 is 9.59 Å². The Hall–Kier alpha value is -0.380. The number of hydrogen-bond donors (Lipinski definition) is 0. The van der Waals surface area contributed by atoms with Crippen molar-refractivity contribution in [3.63, 3.8) is 0 Å². The Bertz CT molecular complexity index is 359. The van der Waals surface area contributed by atoms with Gasteiger partial charge in [-0.1, -0.05) is 49.0 Å². The second-order valence-electron chi connectivity index (χ2n) is 6.54. The molecule has 1 saturated heterocycles. The first-order chi connectivity index (χ1) is 8.40. The normalized spacial score (nSPS) is 26.7. The topological polar surface area (TPSA) is 37.4 Å². The third-order valence-corrected chi connectivity index (χ3v) is 5.60. The zero-order valence-electron chi connectivity index (χ0n) is 11.3. The number of amides is 2. The van der Waals surface area contributed by atoms with Crippen LogP contribution in [-0.2, 0) is 9.59 Å². The highest BCUT2D eigenvalue weighted by Crippen LogP contribution is 2.41. The molecule has 102 valence electrons. The van der Waals surface area contributed by atoms with Crippen molar-refractivity contribution in [2.24, 2.45) is 10.8 Å². The zero-order valence-corrected chi connectivity index (χ0v) is 12.9. The van der Waals surface area contributed by atoms with Gasteiger partial charge < -0.3 is 0 Å². The summed E-state index contributed by atoms with van der Waals surface area (Å²) in [6.45, 7) is 4.35. The SMILES string of the molecule is CC1(C)CC(=O)N(CC2(CBr)CCCCC2)C1=O. The lowest BCUT2D eigenvalue weighted by Gasteiger charge is -2.38. The number of carbonyl (C=O) groups excluding carboxylic acids is 2. The molecule has 18 heavy (non-hydrogen) atoms. The maximum absolute atomic E-state index is 12.3. The molecule has 2 aliphatic rings. The summed E-state index contributed by atoms with van der Waals surface area (Å²) in [5.74, 6) is 0.0225. The lowest BCUT2D eigenvalue weighted by Crippen LogP contribution is -2.44.